The summed E-state index contributed by atoms with van der Waals surface area (Å²) in [7, 11) is 0. The van der Waals surface area contributed by atoms with Crippen molar-refractivity contribution >= 4 is 23.4 Å². The molecule has 0 radical (unpaired) electrons. The van der Waals surface area contributed by atoms with E-state index in [9.17, 15) is 14.4 Å². The van der Waals surface area contributed by atoms with Gasteiger partial charge < -0.3 is 5.32 Å². The van der Waals surface area contributed by atoms with Crippen LogP contribution < -0.4 is 5.32 Å². The number of aryl methyl sites for hydroxylation is 1. The van der Waals surface area contributed by atoms with E-state index in [1.165, 1.54) is 6.92 Å². The Balaban J connectivity index is 1.81. The minimum absolute atomic E-state index is 0.330. The number of nitrogens with one attached hydrogen (secondary N) is 1. The molecule has 0 spiro atoms. The Kier molecular flexibility index (Phi) is 3.65. The van der Waals surface area contributed by atoms with Crippen molar-refractivity contribution in [3.05, 3.63) is 59.4 Å². The summed E-state index contributed by atoms with van der Waals surface area (Å²) >= 11 is 0. The molecular formula is C17H15N3O3. The summed E-state index contributed by atoms with van der Waals surface area (Å²) in [6, 6.07) is 9.03. The Morgan fingerprint density at radius 1 is 1.13 bits per heavy atom. The normalized spacial score (nSPS) is 14.6. The minimum Gasteiger partial charge on any atom is -0.324 e. The SMILES string of the molecule is Cc1cc(NC(=O)C(C)N2C(=O)c3ccccc3C2=O)ccn1. The van der Waals surface area contributed by atoms with Crippen LogP contribution in [0.4, 0.5) is 5.69 Å². The van der Waals surface area contributed by atoms with Gasteiger partial charge in [0.25, 0.3) is 11.8 Å². The Morgan fingerprint density at radius 3 is 2.30 bits per heavy atom. The molecule has 3 rings (SSSR count). The first kappa shape index (κ1) is 14.9. The van der Waals surface area contributed by atoms with Gasteiger partial charge >= 0.3 is 0 Å². The number of nitrogens with zero attached hydrogens (tertiary/aromatic N) is 2. The van der Waals surface area contributed by atoms with Gasteiger partial charge in [-0.25, -0.2) is 0 Å². The third kappa shape index (κ3) is 2.59. The molecule has 1 N–H and O–H groups in total. The van der Waals surface area contributed by atoms with Crippen LogP contribution in [0.2, 0.25) is 0 Å². The molecule has 1 aliphatic rings. The lowest BCUT2D eigenvalue weighted by molar-refractivity contribution is -0.119. The molecule has 2 aromatic rings. The van der Waals surface area contributed by atoms with Crippen molar-refractivity contribution in [2.45, 2.75) is 19.9 Å². The van der Waals surface area contributed by atoms with Crippen LogP contribution in [0.1, 0.15) is 33.3 Å². The number of amides is 3. The number of fused-ring (bicyclic) bond motifs is 1. The standard InChI is InChI=1S/C17H15N3O3/c1-10-9-12(7-8-18-10)19-15(21)11(2)20-16(22)13-5-3-4-6-14(13)17(20)23/h3-9,11H,1-2H3,(H,18,19,21). The summed E-state index contributed by atoms with van der Waals surface area (Å²) in [6.07, 6.45) is 1.58. The Labute approximate surface area is 133 Å². The number of carbonyl (C=O) groups excluding carboxylic acids is 3. The quantitative estimate of drug-likeness (QED) is 0.880. The molecule has 1 atom stereocenters. The monoisotopic (exact) mass is 309 g/mol. The Bertz CT molecular complexity index is 781. The Hall–Kier alpha value is -3.02. The molecule has 3 amide bonds. The van der Waals surface area contributed by atoms with Crippen LogP contribution in [0.5, 0.6) is 0 Å². The predicted molar refractivity (Wildman–Crippen MR) is 84.0 cm³/mol. The van der Waals surface area contributed by atoms with Crippen LogP contribution in [0.25, 0.3) is 0 Å². The lowest BCUT2D eigenvalue weighted by atomic mass is 10.1. The van der Waals surface area contributed by atoms with E-state index in [0.29, 0.717) is 16.8 Å². The number of hydrogen-bond acceptors (Lipinski definition) is 4. The van der Waals surface area contributed by atoms with Crippen molar-refractivity contribution in [3.63, 3.8) is 0 Å². The molecule has 1 aromatic heterocycles. The van der Waals surface area contributed by atoms with E-state index in [1.807, 2.05) is 6.92 Å². The van der Waals surface area contributed by atoms with Crippen molar-refractivity contribution in [3.8, 4) is 0 Å². The molecule has 6 nitrogen and oxygen atoms in total. The predicted octanol–water partition coefficient (Wildman–Crippen LogP) is 2.01. The van der Waals surface area contributed by atoms with Gasteiger partial charge in [0, 0.05) is 17.6 Å². The van der Waals surface area contributed by atoms with E-state index in [2.05, 4.69) is 10.3 Å². The lowest BCUT2D eigenvalue weighted by Gasteiger charge is -2.21. The summed E-state index contributed by atoms with van der Waals surface area (Å²) < 4.78 is 0. The van der Waals surface area contributed by atoms with Crippen LogP contribution >= 0.6 is 0 Å². The van der Waals surface area contributed by atoms with E-state index in [0.717, 1.165) is 10.6 Å². The van der Waals surface area contributed by atoms with Crippen LogP contribution in [-0.4, -0.2) is 33.6 Å². The third-order valence-electron chi connectivity index (χ3n) is 3.76. The van der Waals surface area contributed by atoms with E-state index < -0.39 is 23.8 Å². The fraction of sp³-hybridized carbons (Fsp3) is 0.176. The molecule has 1 unspecified atom stereocenters. The summed E-state index contributed by atoms with van der Waals surface area (Å²) in [6.45, 7) is 3.34. The average Bonchev–Trinajstić information content (AvgIpc) is 2.79. The van der Waals surface area contributed by atoms with Gasteiger partial charge in [0.15, 0.2) is 0 Å². The van der Waals surface area contributed by atoms with Crippen molar-refractivity contribution in [1.82, 2.24) is 9.88 Å². The summed E-state index contributed by atoms with van der Waals surface area (Å²) in [5, 5.41) is 2.70. The average molecular weight is 309 g/mol. The van der Waals surface area contributed by atoms with Gasteiger partial charge in [-0.1, -0.05) is 12.1 Å². The first-order valence-corrected chi connectivity index (χ1v) is 7.19. The molecule has 0 aliphatic carbocycles. The summed E-state index contributed by atoms with van der Waals surface area (Å²) in [5.74, 6) is -1.32. The smallest absolute Gasteiger partial charge is 0.262 e. The minimum atomic E-state index is -0.907. The highest BCUT2D eigenvalue weighted by Gasteiger charge is 2.40. The number of hydrogen-bond donors (Lipinski definition) is 1. The molecule has 23 heavy (non-hydrogen) atoms. The zero-order valence-electron chi connectivity index (χ0n) is 12.7. The summed E-state index contributed by atoms with van der Waals surface area (Å²) in [5.41, 5.74) is 2.00. The molecule has 2 heterocycles. The molecule has 0 bridgehead atoms. The van der Waals surface area contributed by atoms with Crippen molar-refractivity contribution in [1.29, 1.82) is 0 Å². The summed E-state index contributed by atoms with van der Waals surface area (Å²) in [4.78, 5) is 42.2. The van der Waals surface area contributed by atoms with Crippen LogP contribution in [0.15, 0.2) is 42.6 Å². The van der Waals surface area contributed by atoms with Crippen molar-refractivity contribution in [2.75, 3.05) is 5.32 Å². The van der Waals surface area contributed by atoms with Gasteiger partial charge in [0.2, 0.25) is 5.91 Å². The van der Waals surface area contributed by atoms with E-state index in [1.54, 1.807) is 42.6 Å². The topological polar surface area (TPSA) is 79.4 Å². The van der Waals surface area contributed by atoms with Gasteiger partial charge in [-0.05, 0) is 38.1 Å². The van der Waals surface area contributed by atoms with Gasteiger partial charge in [0.05, 0.1) is 11.1 Å². The Morgan fingerprint density at radius 2 is 1.74 bits per heavy atom. The maximum atomic E-state index is 12.4. The second-order valence-electron chi connectivity index (χ2n) is 5.38. The first-order chi connectivity index (χ1) is 11.0. The second-order valence-corrected chi connectivity index (χ2v) is 5.38. The zero-order valence-corrected chi connectivity index (χ0v) is 12.7. The van der Waals surface area contributed by atoms with Gasteiger partial charge in [-0.2, -0.15) is 0 Å². The lowest BCUT2D eigenvalue weighted by Crippen LogP contribution is -2.45. The highest BCUT2D eigenvalue weighted by atomic mass is 16.2. The molecule has 116 valence electrons. The van der Waals surface area contributed by atoms with Crippen molar-refractivity contribution < 1.29 is 14.4 Å². The number of imide groups is 1. The highest BCUT2D eigenvalue weighted by molar-refractivity contribution is 6.23. The second kappa shape index (κ2) is 5.64. The number of rotatable bonds is 3. The third-order valence-corrected chi connectivity index (χ3v) is 3.76. The largest absolute Gasteiger partial charge is 0.324 e. The van der Waals surface area contributed by atoms with Gasteiger partial charge in [-0.3, -0.25) is 24.3 Å². The van der Waals surface area contributed by atoms with Gasteiger partial charge in [-0.15, -0.1) is 0 Å². The van der Waals surface area contributed by atoms with E-state index in [-0.39, 0.29) is 0 Å². The number of anilines is 1. The van der Waals surface area contributed by atoms with Crippen LogP contribution in [0, 0.1) is 6.92 Å². The van der Waals surface area contributed by atoms with E-state index in [4.69, 9.17) is 0 Å². The van der Waals surface area contributed by atoms with Crippen LogP contribution in [0.3, 0.4) is 0 Å². The maximum Gasteiger partial charge on any atom is 0.262 e. The van der Waals surface area contributed by atoms with Crippen molar-refractivity contribution in [2.24, 2.45) is 0 Å². The molecule has 1 aromatic carbocycles. The van der Waals surface area contributed by atoms with Crippen LogP contribution in [-0.2, 0) is 4.79 Å². The molecular weight excluding hydrogens is 294 g/mol. The molecule has 0 saturated heterocycles. The number of benzene rings is 1. The van der Waals surface area contributed by atoms with Gasteiger partial charge in [0.1, 0.15) is 6.04 Å². The number of aromatic nitrogens is 1. The molecule has 6 heteroatoms. The number of pyridine rings is 1. The fourth-order valence-corrected chi connectivity index (χ4v) is 2.55. The molecule has 1 aliphatic heterocycles. The molecule has 0 saturated carbocycles. The first-order valence-electron chi connectivity index (χ1n) is 7.19. The number of carbonyl (C=O) groups is 3. The fourth-order valence-electron chi connectivity index (χ4n) is 2.55. The molecule has 0 fully saturated rings. The zero-order chi connectivity index (χ0) is 16.6. The maximum absolute atomic E-state index is 12.4. The van der Waals surface area contributed by atoms with E-state index >= 15 is 0 Å². The highest BCUT2D eigenvalue weighted by Crippen LogP contribution is 2.24.